The predicted molar refractivity (Wildman–Crippen MR) is 55.4 cm³/mol. The highest BCUT2D eigenvalue weighted by atomic mass is 19.4. The third-order valence-corrected chi connectivity index (χ3v) is 1.76. The molecular weight excluding hydrogens is 237 g/mol. The average Bonchev–Trinajstić information content (AvgIpc) is 2.24. The number of alkyl halides is 3. The van der Waals surface area contributed by atoms with E-state index in [1.165, 1.54) is 6.07 Å². The zero-order valence-corrected chi connectivity index (χ0v) is 8.75. The van der Waals surface area contributed by atoms with Crippen molar-refractivity contribution < 1.29 is 22.7 Å². The van der Waals surface area contributed by atoms with Crippen LogP contribution in [0.2, 0.25) is 0 Å². The molecule has 3 N–H and O–H groups in total. The van der Waals surface area contributed by atoms with E-state index in [0.717, 1.165) is 0 Å². The molecular formula is C10H11F3N2O2. The van der Waals surface area contributed by atoms with Crippen molar-refractivity contribution in [3.63, 3.8) is 0 Å². The fourth-order valence-corrected chi connectivity index (χ4v) is 1.01. The number of hydrogen-bond donors (Lipinski definition) is 2. The molecule has 0 aliphatic carbocycles. The summed E-state index contributed by atoms with van der Waals surface area (Å²) < 4.78 is 40.3. The molecule has 0 heterocycles. The van der Waals surface area contributed by atoms with E-state index in [1.54, 1.807) is 23.5 Å². The van der Waals surface area contributed by atoms with Gasteiger partial charge in [-0.15, -0.1) is 0 Å². The van der Waals surface area contributed by atoms with Gasteiger partial charge in [-0.1, -0.05) is 12.1 Å². The summed E-state index contributed by atoms with van der Waals surface area (Å²) in [5, 5.41) is 1.68. The molecule has 0 aromatic heterocycles. The first-order valence-electron chi connectivity index (χ1n) is 4.69. The van der Waals surface area contributed by atoms with Crippen molar-refractivity contribution in [2.24, 2.45) is 0 Å². The molecule has 7 heteroatoms. The number of benzene rings is 1. The van der Waals surface area contributed by atoms with Crippen molar-refractivity contribution in [3.8, 4) is 5.75 Å². The molecule has 1 amide bonds. The fourth-order valence-electron chi connectivity index (χ4n) is 1.01. The van der Waals surface area contributed by atoms with Gasteiger partial charge in [0.1, 0.15) is 12.3 Å². The van der Waals surface area contributed by atoms with Gasteiger partial charge in [-0.2, -0.15) is 13.2 Å². The molecule has 0 fully saturated rings. The van der Waals surface area contributed by atoms with Gasteiger partial charge < -0.3 is 15.8 Å². The second-order valence-electron chi connectivity index (χ2n) is 3.22. The third-order valence-electron chi connectivity index (χ3n) is 1.76. The Morgan fingerprint density at radius 1 is 1.35 bits per heavy atom. The van der Waals surface area contributed by atoms with Gasteiger partial charge in [0.25, 0.3) is 5.91 Å². The number of amides is 1. The zero-order valence-electron chi connectivity index (χ0n) is 8.75. The minimum Gasteiger partial charge on any atom is -0.482 e. The van der Waals surface area contributed by atoms with Crippen LogP contribution in [0.4, 0.5) is 18.9 Å². The number of nitrogens with two attached hydrogens (primary N) is 1. The second kappa shape index (κ2) is 5.42. The molecule has 94 valence electrons. The van der Waals surface area contributed by atoms with Crippen LogP contribution in [0.25, 0.3) is 0 Å². The lowest BCUT2D eigenvalue weighted by Gasteiger charge is -2.10. The van der Waals surface area contributed by atoms with Crippen LogP contribution < -0.4 is 15.8 Å². The number of carbonyl (C=O) groups is 1. The van der Waals surface area contributed by atoms with E-state index in [-0.39, 0.29) is 5.75 Å². The van der Waals surface area contributed by atoms with E-state index >= 15 is 0 Å². The summed E-state index contributed by atoms with van der Waals surface area (Å²) in [7, 11) is 0. The summed E-state index contributed by atoms with van der Waals surface area (Å²) >= 11 is 0. The summed E-state index contributed by atoms with van der Waals surface area (Å²) in [6.45, 7) is -1.89. The summed E-state index contributed by atoms with van der Waals surface area (Å²) in [4.78, 5) is 11.0. The Labute approximate surface area is 95.6 Å². The van der Waals surface area contributed by atoms with E-state index in [9.17, 15) is 18.0 Å². The highest BCUT2D eigenvalue weighted by Gasteiger charge is 2.27. The maximum atomic E-state index is 11.8. The minimum atomic E-state index is -4.43. The lowest BCUT2D eigenvalue weighted by atomic mass is 10.3. The molecule has 0 unspecified atom stereocenters. The number of hydrogen-bond acceptors (Lipinski definition) is 3. The van der Waals surface area contributed by atoms with Crippen molar-refractivity contribution in [1.82, 2.24) is 5.32 Å². The molecule has 0 saturated carbocycles. The largest absolute Gasteiger partial charge is 0.482 e. The van der Waals surface area contributed by atoms with Gasteiger partial charge in [0, 0.05) is 0 Å². The van der Waals surface area contributed by atoms with Crippen LogP contribution in [0, 0.1) is 0 Å². The molecule has 0 atom stereocenters. The molecule has 1 aromatic carbocycles. The lowest BCUT2D eigenvalue weighted by molar-refractivity contribution is -0.139. The van der Waals surface area contributed by atoms with E-state index in [2.05, 4.69) is 0 Å². The number of carbonyl (C=O) groups excluding carboxylic acids is 1. The SMILES string of the molecule is Nc1ccccc1OCC(=O)NCC(F)(F)F. The van der Waals surface area contributed by atoms with Crippen LogP contribution in [0.1, 0.15) is 0 Å². The maximum Gasteiger partial charge on any atom is 0.405 e. The topological polar surface area (TPSA) is 64.3 Å². The fraction of sp³-hybridized carbons (Fsp3) is 0.300. The van der Waals surface area contributed by atoms with E-state index in [4.69, 9.17) is 10.5 Å². The van der Waals surface area contributed by atoms with Gasteiger partial charge in [0.2, 0.25) is 0 Å². The second-order valence-corrected chi connectivity index (χ2v) is 3.22. The Balaban J connectivity index is 2.36. The van der Waals surface area contributed by atoms with E-state index in [1.807, 2.05) is 0 Å². The molecule has 17 heavy (non-hydrogen) atoms. The monoisotopic (exact) mass is 248 g/mol. The molecule has 0 radical (unpaired) electrons. The molecule has 1 rings (SSSR count). The van der Waals surface area contributed by atoms with Gasteiger partial charge in [0.15, 0.2) is 6.61 Å². The average molecular weight is 248 g/mol. The first kappa shape index (κ1) is 13.1. The van der Waals surface area contributed by atoms with Gasteiger partial charge in [0.05, 0.1) is 5.69 Å². The quantitative estimate of drug-likeness (QED) is 0.790. The first-order valence-corrected chi connectivity index (χ1v) is 4.69. The van der Waals surface area contributed by atoms with Crippen LogP contribution in [0.3, 0.4) is 0 Å². The molecule has 4 nitrogen and oxygen atoms in total. The van der Waals surface area contributed by atoms with Crippen LogP contribution in [0.15, 0.2) is 24.3 Å². The summed E-state index contributed by atoms with van der Waals surface area (Å²) in [5.74, 6) is -0.597. The summed E-state index contributed by atoms with van der Waals surface area (Å²) in [6, 6.07) is 6.39. The Hall–Kier alpha value is -1.92. The van der Waals surface area contributed by atoms with E-state index in [0.29, 0.717) is 5.69 Å². The molecule has 0 aliphatic heterocycles. The number of rotatable bonds is 4. The highest BCUT2D eigenvalue weighted by molar-refractivity contribution is 5.77. The Morgan fingerprint density at radius 3 is 2.59 bits per heavy atom. The Kier molecular flexibility index (Phi) is 4.19. The van der Waals surface area contributed by atoms with Crippen LogP contribution in [0.5, 0.6) is 5.75 Å². The smallest absolute Gasteiger partial charge is 0.405 e. The van der Waals surface area contributed by atoms with Crippen molar-refractivity contribution >= 4 is 11.6 Å². The van der Waals surface area contributed by atoms with Crippen molar-refractivity contribution in [2.45, 2.75) is 6.18 Å². The minimum absolute atomic E-state index is 0.259. The normalized spacial score (nSPS) is 11.0. The van der Waals surface area contributed by atoms with Gasteiger partial charge in [-0.3, -0.25) is 4.79 Å². The van der Waals surface area contributed by atoms with Crippen molar-refractivity contribution in [3.05, 3.63) is 24.3 Å². The molecule has 1 aromatic rings. The summed E-state index contributed by atoms with van der Waals surface area (Å²) in [6.07, 6.45) is -4.43. The molecule has 0 aliphatic rings. The third kappa shape index (κ3) is 5.10. The van der Waals surface area contributed by atoms with Gasteiger partial charge in [-0.05, 0) is 12.1 Å². The van der Waals surface area contributed by atoms with E-state index < -0.39 is 25.2 Å². The van der Waals surface area contributed by atoms with Crippen LogP contribution >= 0.6 is 0 Å². The highest BCUT2D eigenvalue weighted by Crippen LogP contribution is 2.19. The first-order chi connectivity index (χ1) is 7.88. The Morgan fingerprint density at radius 2 is 2.00 bits per heavy atom. The molecule has 0 saturated heterocycles. The van der Waals surface area contributed by atoms with Gasteiger partial charge in [-0.25, -0.2) is 0 Å². The number of nitrogen functional groups attached to an aromatic ring is 1. The number of nitrogens with one attached hydrogen (secondary N) is 1. The van der Waals surface area contributed by atoms with Gasteiger partial charge >= 0.3 is 6.18 Å². The van der Waals surface area contributed by atoms with Crippen LogP contribution in [-0.2, 0) is 4.79 Å². The molecule has 0 spiro atoms. The number of ether oxygens (including phenoxy) is 1. The maximum absolute atomic E-state index is 11.8. The predicted octanol–water partition coefficient (Wildman–Crippen LogP) is 1.33. The zero-order chi connectivity index (χ0) is 12.9. The lowest BCUT2D eigenvalue weighted by Crippen LogP contribution is -2.36. The number of para-hydroxylation sites is 2. The summed E-state index contributed by atoms with van der Waals surface area (Å²) in [5.41, 5.74) is 5.83. The standard InChI is InChI=1S/C10H11F3N2O2/c11-10(12,13)6-15-9(16)5-17-8-4-2-1-3-7(8)14/h1-4H,5-6,14H2,(H,15,16). The number of halogens is 3. The Bertz CT molecular complexity index is 393. The van der Waals surface area contributed by atoms with Crippen LogP contribution in [-0.4, -0.2) is 25.2 Å². The van der Waals surface area contributed by atoms with Crippen molar-refractivity contribution in [2.75, 3.05) is 18.9 Å². The molecule has 0 bridgehead atoms. The van der Waals surface area contributed by atoms with Crippen molar-refractivity contribution in [1.29, 1.82) is 0 Å². The number of anilines is 1.